The second kappa shape index (κ2) is 4.40. The van der Waals surface area contributed by atoms with Crippen molar-refractivity contribution in [3.8, 4) is 11.3 Å². The van der Waals surface area contributed by atoms with E-state index in [1.807, 2.05) is 12.1 Å². The molecule has 2 aromatic heterocycles. The maximum Gasteiger partial charge on any atom is 0.322 e. The molecule has 0 radical (unpaired) electrons. The Morgan fingerprint density at radius 1 is 1.21 bits per heavy atom. The molecule has 0 aromatic carbocycles. The van der Waals surface area contributed by atoms with Gasteiger partial charge in [-0.2, -0.15) is 0 Å². The minimum Gasteiger partial charge on any atom is -0.480 e. The van der Waals surface area contributed by atoms with Crippen molar-refractivity contribution in [2.45, 2.75) is 5.41 Å². The van der Waals surface area contributed by atoms with E-state index in [2.05, 4.69) is 15.0 Å². The van der Waals surface area contributed by atoms with Crippen molar-refractivity contribution in [2.24, 2.45) is 0 Å². The lowest BCUT2D eigenvalue weighted by Crippen LogP contribution is -2.54. The minimum atomic E-state index is -1.11. The zero-order valence-corrected chi connectivity index (χ0v) is 9.98. The fraction of sp³-hybridized carbons (Fsp3) is 0.231. The average Bonchev–Trinajstić information content (AvgIpc) is 2.38. The van der Waals surface area contributed by atoms with Crippen molar-refractivity contribution in [1.82, 2.24) is 15.0 Å². The standard InChI is InChI=1S/C13H11N3O3/c17-12(18)13(7-19-8-13)11-15-6-3-10(16-11)9-1-4-14-5-2-9/h1-6H,7-8H2,(H,17,18). The summed E-state index contributed by atoms with van der Waals surface area (Å²) < 4.78 is 5.03. The number of carbonyl (C=O) groups is 1. The third-order valence-electron chi connectivity index (χ3n) is 3.17. The van der Waals surface area contributed by atoms with Crippen LogP contribution in [0.25, 0.3) is 11.3 Å². The molecule has 0 aliphatic carbocycles. The summed E-state index contributed by atoms with van der Waals surface area (Å²) >= 11 is 0. The van der Waals surface area contributed by atoms with E-state index in [-0.39, 0.29) is 13.2 Å². The molecule has 6 heteroatoms. The van der Waals surface area contributed by atoms with Gasteiger partial charge in [-0.05, 0) is 18.2 Å². The lowest BCUT2D eigenvalue weighted by Gasteiger charge is -2.35. The molecule has 0 amide bonds. The van der Waals surface area contributed by atoms with E-state index >= 15 is 0 Å². The summed E-state index contributed by atoms with van der Waals surface area (Å²) in [5.41, 5.74) is 0.447. The molecule has 0 spiro atoms. The van der Waals surface area contributed by atoms with Crippen LogP contribution in [0.1, 0.15) is 5.82 Å². The van der Waals surface area contributed by atoms with Crippen LogP contribution in [0.2, 0.25) is 0 Å². The van der Waals surface area contributed by atoms with Crippen LogP contribution in [0.15, 0.2) is 36.8 Å². The Hall–Kier alpha value is -2.34. The molecular formula is C13H11N3O3. The van der Waals surface area contributed by atoms with Gasteiger partial charge in [0.05, 0.1) is 18.9 Å². The Bertz CT molecular complexity index is 612. The Labute approximate surface area is 109 Å². The zero-order chi connectivity index (χ0) is 13.3. The summed E-state index contributed by atoms with van der Waals surface area (Å²) in [4.78, 5) is 23.8. The number of hydrogen-bond acceptors (Lipinski definition) is 5. The summed E-state index contributed by atoms with van der Waals surface area (Å²) in [6.45, 7) is 0.226. The van der Waals surface area contributed by atoms with Crippen molar-refractivity contribution in [2.75, 3.05) is 13.2 Å². The van der Waals surface area contributed by atoms with Crippen molar-refractivity contribution in [3.63, 3.8) is 0 Å². The van der Waals surface area contributed by atoms with E-state index < -0.39 is 11.4 Å². The largest absolute Gasteiger partial charge is 0.480 e. The van der Waals surface area contributed by atoms with Crippen molar-refractivity contribution in [1.29, 1.82) is 0 Å². The molecule has 3 rings (SSSR count). The Morgan fingerprint density at radius 3 is 2.53 bits per heavy atom. The molecule has 0 bridgehead atoms. The number of ether oxygens (including phenoxy) is 1. The molecule has 3 heterocycles. The first-order valence-electron chi connectivity index (χ1n) is 5.77. The molecule has 0 unspecified atom stereocenters. The molecule has 1 saturated heterocycles. The van der Waals surface area contributed by atoms with E-state index in [1.165, 1.54) is 0 Å². The molecule has 1 aliphatic rings. The van der Waals surface area contributed by atoms with E-state index in [0.717, 1.165) is 5.56 Å². The fourth-order valence-corrected chi connectivity index (χ4v) is 1.93. The number of carboxylic acids is 1. The van der Waals surface area contributed by atoms with Gasteiger partial charge >= 0.3 is 5.97 Å². The first kappa shape index (κ1) is 11.7. The molecular weight excluding hydrogens is 246 g/mol. The molecule has 0 saturated carbocycles. The van der Waals surface area contributed by atoms with Gasteiger partial charge in [0.2, 0.25) is 0 Å². The van der Waals surface area contributed by atoms with Gasteiger partial charge in [0.15, 0.2) is 11.2 Å². The van der Waals surface area contributed by atoms with Crippen LogP contribution in [0.4, 0.5) is 0 Å². The van der Waals surface area contributed by atoms with Crippen molar-refractivity contribution < 1.29 is 14.6 Å². The maximum atomic E-state index is 11.4. The lowest BCUT2D eigenvalue weighted by atomic mass is 9.85. The van der Waals surface area contributed by atoms with Crippen LogP contribution in [0.5, 0.6) is 0 Å². The molecule has 19 heavy (non-hydrogen) atoms. The van der Waals surface area contributed by atoms with Crippen LogP contribution in [0, 0.1) is 0 Å². The summed E-state index contributed by atoms with van der Waals surface area (Å²) in [5.74, 6) is -0.661. The number of hydrogen-bond donors (Lipinski definition) is 1. The van der Waals surface area contributed by atoms with E-state index in [0.29, 0.717) is 11.5 Å². The second-order valence-electron chi connectivity index (χ2n) is 4.38. The van der Waals surface area contributed by atoms with E-state index in [4.69, 9.17) is 4.74 Å². The topological polar surface area (TPSA) is 85.2 Å². The SMILES string of the molecule is O=C(O)C1(c2nccc(-c3ccncc3)n2)COC1. The average molecular weight is 257 g/mol. The highest BCUT2D eigenvalue weighted by atomic mass is 16.5. The second-order valence-corrected chi connectivity index (χ2v) is 4.38. The molecule has 1 fully saturated rings. The first-order valence-corrected chi connectivity index (χ1v) is 5.77. The third-order valence-corrected chi connectivity index (χ3v) is 3.17. The van der Waals surface area contributed by atoms with Crippen LogP contribution in [0.3, 0.4) is 0 Å². The molecule has 1 N–H and O–H groups in total. The highest BCUT2D eigenvalue weighted by molar-refractivity contribution is 5.81. The Morgan fingerprint density at radius 2 is 1.95 bits per heavy atom. The van der Waals surface area contributed by atoms with Gasteiger partial charge in [0.1, 0.15) is 0 Å². The maximum absolute atomic E-state index is 11.4. The Balaban J connectivity index is 2.03. The summed E-state index contributed by atoms with van der Waals surface area (Å²) in [6.07, 6.45) is 4.90. The van der Waals surface area contributed by atoms with Crippen molar-refractivity contribution >= 4 is 5.97 Å². The van der Waals surface area contributed by atoms with Gasteiger partial charge in [-0.3, -0.25) is 9.78 Å². The van der Waals surface area contributed by atoms with Gasteiger partial charge in [-0.1, -0.05) is 0 Å². The summed E-state index contributed by atoms with van der Waals surface area (Å²) in [5, 5.41) is 9.33. The molecule has 2 aromatic rings. The lowest BCUT2D eigenvalue weighted by molar-refractivity contribution is -0.164. The predicted octanol–water partition coefficient (Wildman–Crippen LogP) is 0.891. The number of aromatic nitrogens is 3. The first-order chi connectivity index (χ1) is 9.22. The van der Waals surface area contributed by atoms with Gasteiger partial charge in [-0.25, -0.2) is 9.97 Å². The van der Waals surface area contributed by atoms with Crippen LogP contribution < -0.4 is 0 Å². The van der Waals surface area contributed by atoms with E-state index in [1.54, 1.807) is 24.7 Å². The van der Waals surface area contributed by atoms with Gasteiger partial charge < -0.3 is 9.84 Å². The number of aliphatic carboxylic acids is 1. The number of pyridine rings is 1. The van der Waals surface area contributed by atoms with Gasteiger partial charge in [0, 0.05) is 24.2 Å². The van der Waals surface area contributed by atoms with Gasteiger partial charge in [-0.15, -0.1) is 0 Å². The minimum absolute atomic E-state index is 0.113. The van der Waals surface area contributed by atoms with Crippen LogP contribution in [-0.4, -0.2) is 39.2 Å². The van der Waals surface area contributed by atoms with E-state index in [9.17, 15) is 9.90 Å². The quantitative estimate of drug-likeness (QED) is 0.879. The normalized spacial score (nSPS) is 16.6. The fourth-order valence-electron chi connectivity index (χ4n) is 1.93. The number of rotatable bonds is 3. The smallest absolute Gasteiger partial charge is 0.322 e. The molecule has 1 aliphatic heterocycles. The predicted molar refractivity (Wildman–Crippen MR) is 65.4 cm³/mol. The third kappa shape index (κ3) is 1.86. The Kier molecular flexibility index (Phi) is 2.72. The van der Waals surface area contributed by atoms with Crippen LogP contribution >= 0.6 is 0 Å². The highest BCUT2D eigenvalue weighted by Gasteiger charge is 2.50. The number of carboxylic acid groups (broad SMARTS) is 1. The van der Waals surface area contributed by atoms with Crippen molar-refractivity contribution in [3.05, 3.63) is 42.6 Å². The molecule has 6 nitrogen and oxygen atoms in total. The van der Waals surface area contributed by atoms with Gasteiger partial charge in [0.25, 0.3) is 0 Å². The highest BCUT2D eigenvalue weighted by Crippen LogP contribution is 2.31. The number of nitrogens with zero attached hydrogens (tertiary/aromatic N) is 3. The summed E-state index contributed by atoms with van der Waals surface area (Å²) in [6, 6.07) is 5.38. The zero-order valence-electron chi connectivity index (χ0n) is 9.98. The molecule has 96 valence electrons. The monoisotopic (exact) mass is 257 g/mol. The summed E-state index contributed by atoms with van der Waals surface area (Å²) in [7, 11) is 0. The molecule has 0 atom stereocenters. The van der Waals surface area contributed by atoms with Crippen LogP contribution in [-0.2, 0) is 14.9 Å².